The molecule has 96 valence electrons. The molecule has 0 spiro atoms. The number of hydrogen-bond acceptors (Lipinski definition) is 5. The zero-order valence-corrected chi connectivity index (χ0v) is 10.6. The zero-order chi connectivity index (χ0) is 12.6. The molecular formula is C12H18N6. The highest BCUT2D eigenvalue weighted by Crippen LogP contribution is 2.23. The largest absolute Gasteiger partial charge is 0.315 e. The van der Waals surface area contributed by atoms with Crippen molar-refractivity contribution in [3.8, 4) is 6.07 Å². The first kappa shape index (κ1) is 11.6. The van der Waals surface area contributed by atoms with Gasteiger partial charge in [0.15, 0.2) is 0 Å². The Morgan fingerprint density at radius 2 is 2.39 bits per heavy atom. The molecule has 0 bridgehead atoms. The molecule has 1 aliphatic heterocycles. The molecule has 1 N–H and O–H groups in total. The van der Waals surface area contributed by atoms with Crippen molar-refractivity contribution in [3.63, 3.8) is 0 Å². The fourth-order valence-corrected chi connectivity index (χ4v) is 2.49. The van der Waals surface area contributed by atoms with Gasteiger partial charge in [0.25, 0.3) is 0 Å². The SMILES string of the molecule is CC(C#N)(CN1CCn2cnnc2C1)NC1CC1. The van der Waals surface area contributed by atoms with E-state index in [1.807, 2.05) is 6.92 Å². The Labute approximate surface area is 107 Å². The predicted octanol–water partition coefficient (Wildman–Crippen LogP) is 0.128. The van der Waals surface area contributed by atoms with Gasteiger partial charge in [0.05, 0.1) is 12.6 Å². The Morgan fingerprint density at radius 3 is 3.11 bits per heavy atom. The van der Waals surface area contributed by atoms with Crippen LogP contribution in [0.1, 0.15) is 25.6 Å². The fourth-order valence-electron chi connectivity index (χ4n) is 2.49. The van der Waals surface area contributed by atoms with Gasteiger partial charge in [-0.25, -0.2) is 0 Å². The van der Waals surface area contributed by atoms with Crippen LogP contribution >= 0.6 is 0 Å². The number of hydrogen-bond donors (Lipinski definition) is 1. The van der Waals surface area contributed by atoms with Crippen LogP contribution in [0, 0.1) is 11.3 Å². The maximum Gasteiger partial charge on any atom is 0.147 e. The molecule has 1 saturated carbocycles. The maximum atomic E-state index is 9.38. The number of fused-ring (bicyclic) bond motifs is 1. The highest BCUT2D eigenvalue weighted by molar-refractivity contribution is 5.09. The predicted molar refractivity (Wildman–Crippen MR) is 65.5 cm³/mol. The van der Waals surface area contributed by atoms with Crippen LogP contribution in [0.4, 0.5) is 0 Å². The second-order valence-electron chi connectivity index (χ2n) is 5.51. The minimum Gasteiger partial charge on any atom is -0.315 e. The number of nitriles is 1. The van der Waals surface area contributed by atoms with E-state index in [2.05, 4.69) is 31.1 Å². The maximum absolute atomic E-state index is 9.38. The van der Waals surface area contributed by atoms with Crippen LogP contribution < -0.4 is 5.32 Å². The molecule has 0 saturated heterocycles. The molecule has 1 aromatic heterocycles. The van der Waals surface area contributed by atoms with Gasteiger partial charge in [0.2, 0.25) is 0 Å². The summed E-state index contributed by atoms with van der Waals surface area (Å²) in [6.07, 6.45) is 4.18. The molecule has 1 aliphatic carbocycles. The lowest BCUT2D eigenvalue weighted by atomic mass is 10.0. The van der Waals surface area contributed by atoms with Gasteiger partial charge >= 0.3 is 0 Å². The average molecular weight is 246 g/mol. The molecule has 0 amide bonds. The molecule has 18 heavy (non-hydrogen) atoms. The molecule has 1 fully saturated rings. The van der Waals surface area contributed by atoms with Gasteiger partial charge in [-0.15, -0.1) is 10.2 Å². The van der Waals surface area contributed by atoms with E-state index in [0.29, 0.717) is 6.04 Å². The van der Waals surface area contributed by atoms with Crippen molar-refractivity contribution in [2.75, 3.05) is 13.1 Å². The molecule has 1 aromatic rings. The molecule has 1 atom stereocenters. The fraction of sp³-hybridized carbons (Fsp3) is 0.750. The molecule has 6 heteroatoms. The van der Waals surface area contributed by atoms with Crippen molar-refractivity contribution in [3.05, 3.63) is 12.2 Å². The summed E-state index contributed by atoms with van der Waals surface area (Å²) >= 11 is 0. The summed E-state index contributed by atoms with van der Waals surface area (Å²) in [5, 5.41) is 20.8. The molecule has 2 heterocycles. The molecule has 0 radical (unpaired) electrons. The normalized spacial score (nSPS) is 23.1. The summed E-state index contributed by atoms with van der Waals surface area (Å²) in [5.41, 5.74) is -0.455. The minimum absolute atomic E-state index is 0.455. The van der Waals surface area contributed by atoms with Crippen molar-refractivity contribution < 1.29 is 0 Å². The zero-order valence-electron chi connectivity index (χ0n) is 10.6. The summed E-state index contributed by atoms with van der Waals surface area (Å²) in [4.78, 5) is 2.28. The Hall–Kier alpha value is -1.45. The smallest absolute Gasteiger partial charge is 0.147 e. The van der Waals surface area contributed by atoms with E-state index in [1.54, 1.807) is 6.33 Å². The van der Waals surface area contributed by atoms with E-state index in [4.69, 9.17) is 0 Å². The Morgan fingerprint density at radius 1 is 1.56 bits per heavy atom. The van der Waals surface area contributed by atoms with E-state index in [9.17, 15) is 5.26 Å². The Balaban J connectivity index is 1.64. The number of aromatic nitrogens is 3. The summed E-state index contributed by atoms with van der Waals surface area (Å²) in [6.45, 7) is 5.38. The Kier molecular flexibility index (Phi) is 2.80. The van der Waals surface area contributed by atoms with Crippen LogP contribution in [-0.4, -0.2) is 44.3 Å². The lowest BCUT2D eigenvalue weighted by Crippen LogP contribution is -2.52. The molecule has 2 aliphatic rings. The van der Waals surface area contributed by atoms with Crippen LogP contribution in [-0.2, 0) is 13.1 Å². The highest BCUT2D eigenvalue weighted by atomic mass is 15.3. The topological polar surface area (TPSA) is 69.8 Å². The van der Waals surface area contributed by atoms with Crippen molar-refractivity contribution in [2.45, 2.75) is 44.4 Å². The second kappa shape index (κ2) is 4.34. The average Bonchev–Trinajstić information content (AvgIpc) is 3.04. The molecule has 6 nitrogen and oxygen atoms in total. The van der Waals surface area contributed by atoms with Crippen LogP contribution in [0.2, 0.25) is 0 Å². The van der Waals surface area contributed by atoms with Gasteiger partial charge in [-0.1, -0.05) is 0 Å². The van der Waals surface area contributed by atoms with Crippen molar-refractivity contribution >= 4 is 0 Å². The monoisotopic (exact) mass is 246 g/mol. The van der Waals surface area contributed by atoms with Crippen molar-refractivity contribution in [1.82, 2.24) is 25.0 Å². The van der Waals surface area contributed by atoms with Gasteiger partial charge in [-0.05, 0) is 19.8 Å². The first-order chi connectivity index (χ1) is 8.68. The highest BCUT2D eigenvalue weighted by Gasteiger charge is 2.34. The first-order valence-electron chi connectivity index (χ1n) is 6.46. The van der Waals surface area contributed by atoms with E-state index in [0.717, 1.165) is 32.0 Å². The molecule has 1 unspecified atom stereocenters. The quantitative estimate of drug-likeness (QED) is 0.817. The van der Waals surface area contributed by atoms with E-state index in [-0.39, 0.29) is 0 Å². The molecule has 0 aromatic carbocycles. The van der Waals surface area contributed by atoms with E-state index < -0.39 is 5.54 Å². The van der Waals surface area contributed by atoms with Crippen molar-refractivity contribution in [2.24, 2.45) is 0 Å². The van der Waals surface area contributed by atoms with Crippen LogP contribution in [0.25, 0.3) is 0 Å². The molecule has 3 rings (SSSR count). The van der Waals surface area contributed by atoms with Gasteiger partial charge in [0, 0.05) is 25.7 Å². The van der Waals surface area contributed by atoms with Crippen LogP contribution in [0.5, 0.6) is 0 Å². The third-order valence-corrected chi connectivity index (χ3v) is 3.60. The standard InChI is InChI=1S/C12H18N6/c1-12(7-13,15-10-2-3-10)8-17-4-5-18-9-14-16-11(18)6-17/h9-10,15H,2-6,8H2,1H3. The van der Waals surface area contributed by atoms with E-state index in [1.165, 1.54) is 12.8 Å². The summed E-state index contributed by atoms with van der Waals surface area (Å²) < 4.78 is 2.08. The number of nitrogens with zero attached hydrogens (tertiary/aromatic N) is 5. The van der Waals surface area contributed by atoms with Crippen LogP contribution in [0.15, 0.2) is 6.33 Å². The van der Waals surface area contributed by atoms with Crippen molar-refractivity contribution in [1.29, 1.82) is 5.26 Å². The lowest BCUT2D eigenvalue weighted by molar-refractivity contribution is 0.177. The second-order valence-corrected chi connectivity index (χ2v) is 5.51. The van der Waals surface area contributed by atoms with Gasteiger partial charge < -0.3 is 4.57 Å². The third-order valence-electron chi connectivity index (χ3n) is 3.60. The first-order valence-corrected chi connectivity index (χ1v) is 6.46. The summed E-state index contributed by atoms with van der Waals surface area (Å²) in [6, 6.07) is 2.96. The van der Waals surface area contributed by atoms with Gasteiger partial charge in [-0.2, -0.15) is 5.26 Å². The number of nitrogens with one attached hydrogen (secondary N) is 1. The van der Waals surface area contributed by atoms with Crippen LogP contribution in [0.3, 0.4) is 0 Å². The third kappa shape index (κ3) is 2.37. The van der Waals surface area contributed by atoms with Gasteiger partial charge in [0.1, 0.15) is 17.7 Å². The minimum atomic E-state index is -0.455. The van der Waals surface area contributed by atoms with Gasteiger partial charge in [-0.3, -0.25) is 10.2 Å². The lowest BCUT2D eigenvalue weighted by Gasteiger charge is -2.33. The number of rotatable bonds is 4. The summed E-state index contributed by atoms with van der Waals surface area (Å²) in [5.74, 6) is 0.993. The van der Waals surface area contributed by atoms with E-state index >= 15 is 0 Å². The molecular weight excluding hydrogens is 228 g/mol. The Bertz CT molecular complexity index is 471. The summed E-state index contributed by atoms with van der Waals surface area (Å²) in [7, 11) is 0.